The fourth-order valence-electron chi connectivity index (χ4n) is 2.40. The molecule has 3 atom stereocenters. The van der Waals surface area contributed by atoms with Crippen LogP contribution in [0.4, 0.5) is 0 Å². The molecule has 0 aromatic carbocycles. The maximum absolute atomic E-state index is 12.2. The molecule has 1 aliphatic carbocycles. The van der Waals surface area contributed by atoms with E-state index in [0.717, 1.165) is 28.4 Å². The van der Waals surface area contributed by atoms with Crippen molar-refractivity contribution in [3.8, 4) is 0 Å². The summed E-state index contributed by atoms with van der Waals surface area (Å²) in [5.41, 5.74) is -0.114. The summed E-state index contributed by atoms with van der Waals surface area (Å²) in [6.45, 7) is 0. The summed E-state index contributed by atoms with van der Waals surface area (Å²) < 4.78 is 18.7. The van der Waals surface area contributed by atoms with Crippen LogP contribution in [0.3, 0.4) is 0 Å². The zero-order valence-corrected chi connectivity index (χ0v) is 13.2. The Balaban J connectivity index is 3.48. The van der Waals surface area contributed by atoms with Gasteiger partial charge in [-0.1, -0.05) is 18.2 Å². The number of hydrogen-bond donors (Lipinski definition) is 0. The predicted octanol–water partition coefficient (Wildman–Crippen LogP) is 0.0232. The number of esters is 4. The highest BCUT2D eigenvalue weighted by atomic mass is 16.5. The van der Waals surface area contributed by atoms with Gasteiger partial charge in [-0.2, -0.15) is 0 Å². The molecule has 23 heavy (non-hydrogen) atoms. The molecule has 3 unspecified atom stereocenters. The first-order chi connectivity index (χ1) is 10.9. The normalized spacial score (nSPS) is 23.1. The van der Waals surface area contributed by atoms with Gasteiger partial charge in [0.15, 0.2) is 0 Å². The van der Waals surface area contributed by atoms with Crippen LogP contribution in [0.25, 0.3) is 0 Å². The lowest BCUT2D eigenvalue weighted by Gasteiger charge is -2.26. The van der Waals surface area contributed by atoms with Crippen LogP contribution >= 0.6 is 0 Å². The lowest BCUT2D eigenvalue weighted by Crippen LogP contribution is -2.41. The fraction of sp³-hybridized carbons (Fsp3) is 0.467. The average Bonchev–Trinajstić information content (AvgIpc) is 2.78. The largest absolute Gasteiger partial charge is 0.469 e. The molecule has 0 N–H and O–H groups in total. The first-order valence-electron chi connectivity index (χ1n) is 6.63. The summed E-state index contributed by atoms with van der Waals surface area (Å²) >= 11 is 0. The standard InChI is InChI=1S/C15H18O8/c1-20-12(16)8-6-5-7-9(13(17)21-2)11(15(19)23-4)10(8)14(18)22-3/h5-8,10-11H,1-4H3. The highest BCUT2D eigenvalue weighted by molar-refractivity contribution is 5.99. The number of rotatable bonds is 4. The van der Waals surface area contributed by atoms with Gasteiger partial charge in [-0.3, -0.25) is 14.4 Å². The second-order valence-electron chi connectivity index (χ2n) is 4.60. The van der Waals surface area contributed by atoms with Gasteiger partial charge in [-0.05, 0) is 0 Å². The molecular weight excluding hydrogens is 308 g/mol. The minimum atomic E-state index is -1.36. The Morgan fingerprint density at radius 2 is 1.39 bits per heavy atom. The summed E-state index contributed by atoms with van der Waals surface area (Å²) in [6.07, 6.45) is 4.04. The molecule has 1 rings (SSSR count). The van der Waals surface area contributed by atoms with E-state index in [4.69, 9.17) is 0 Å². The third-order valence-electron chi connectivity index (χ3n) is 3.50. The number of carbonyl (C=O) groups is 4. The van der Waals surface area contributed by atoms with Crippen LogP contribution in [-0.4, -0.2) is 52.3 Å². The summed E-state index contributed by atoms with van der Waals surface area (Å²) in [6, 6.07) is 0. The zero-order valence-electron chi connectivity index (χ0n) is 13.2. The van der Waals surface area contributed by atoms with E-state index in [9.17, 15) is 19.2 Å². The molecular formula is C15H18O8. The quantitative estimate of drug-likeness (QED) is 0.526. The van der Waals surface area contributed by atoms with Gasteiger partial charge < -0.3 is 18.9 Å². The zero-order chi connectivity index (χ0) is 17.6. The molecule has 0 fully saturated rings. The van der Waals surface area contributed by atoms with Crippen LogP contribution in [0.1, 0.15) is 0 Å². The molecule has 0 spiro atoms. The number of allylic oxidation sites excluding steroid dienone is 2. The Labute approximate surface area is 133 Å². The Morgan fingerprint density at radius 1 is 0.826 bits per heavy atom. The summed E-state index contributed by atoms with van der Waals surface area (Å²) in [5.74, 6) is -7.07. The molecule has 0 aliphatic heterocycles. The molecule has 0 aromatic rings. The smallest absolute Gasteiger partial charge is 0.334 e. The van der Waals surface area contributed by atoms with Crippen LogP contribution in [0.5, 0.6) is 0 Å². The molecule has 0 heterocycles. The van der Waals surface area contributed by atoms with Crippen molar-refractivity contribution in [2.24, 2.45) is 17.8 Å². The molecule has 0 radical (unpaired) electrons. The van der Waals surface area contributed by atoms with Crippen molar-refractivity contribution in [3.63, 3.8) is 0 Å². The second-order valence-corrected chi connectivity index (χ2v) is 4.60. The van der Waals surface area contributed by atoms with Crippen molar-refractivity contribution < 1.29 is 38.1 Å². The highest BCUT2D eigenvalue weighted by Crippen LogP contribution is 2.34. The van der Waals surface area contributed by atoms with E-state index in [1.54, 1.807) is 0 Å². The van der Waals surface area contributed by atoms with Crippen molar-refractivity contribution in [1.82, 2.24) is 0 Å². The van der Waals surface area contributed by atoms with Crippen molar-refractivity contribution >= 4 is 23.9 Å². The van der Waals surface area contributed by atoms with Gasteiger partial charge in [-0.25, -0.2) is 4.79 Å². The molecule has 8 heteroatoms. The highest BCUT2D eigenvalue weighted by Gasteiger charge is 2.48. The Bertz CT molecular complexity index is 560. The van der Waals surface area contributed by atoms with Gasteiger partial charge in [-0.15, -0.1) is 0 Å². The monoisotopic (exact) mass is 326 g/mol. The summed E-state index contributed by atoms with van der Waals surface area (Å²) in [7, 11) is 4.51. The van der Waals surface area contributed by atoms with Gasteiger partial charge in [0.05, 0.1) is 45.8 Å². The Kier molecular flexibility index (Phi) is 6.49. The van der Waals surface area contributed by atoms with Crippen LogP contribution in [0.2, 0.25) is 0 Å². The second kappa shape index (κ2) is 8.11. The van der Waals surface area contributed by atoms with E-state index in [1.165, 1.54) is 18.2 Å². The van der Waals surface area contributed by atoms with Gasteiger partial charge in [0.2, 0.25) is 0 Å². The third kappa shape index (κ3) is 3.77. The lowest BCUT2D eigenvalue weighted by molar-refractivity contribution is -0.163. The number of hydrogen-bond acceptors (Lipinski definition) is 8. The molecule has 0 amide bonds. The molecule has 0 saturated carbocycles. The minimum absolute atomic E-state index is 0.114. The van der Waals surface area contributed by atoms with Crippen molar-refractivity contribution in [1.29, 1.82) is 0 Å². The average molecular weight is 326 g/mol. The maximum atomic E-state index is 12.2. The molecule has 0 saturated heterocycles. The van der Waals surface area contributed by atoms with Crippen molar-refractivity contribution in [2.45, 2.75) is 0 Å². The molecule has 8 nitrogen and oxygen atoms in total. The molecule has 126 valence electrons. The predicted molar refractivity (Wildman–Crippen MR) is 75.8 cm³/mol. The van der Waals surface area contributed by atoms with Crippen LogP contribution < -0.4 is 0 Å². The van der Waals surface area contributed by atoms with Crippen LogP contribution in [0.15, 0.2) is 23.8 Å². The van der Waals surface area contributed by atoms with Crippen LogP contribution in [0, 0.1) is 17.8 Å². The maximum Gasteiger partial charge on any atom is 0.334 e. The van der Waals surface area contributed by atoms with Crippen molar-refractivity contribution in [3.05, 3.63) is 23.8 Å². The topological polar surface area (TPSA) is 105 Å². The summed E-state index contributed by atoms with van der Waals surface area (Å²) in [5, 5.41) is 0. The first-order valence-corrected chi connectivity index (χ1v) is 6.63. The lowest BCUT2D eigenvalue weighted by atomic mass is 9.78. The van der Waals surface area contributed by atoms with E-state index in [0.29, 0.717) is 0 Å². The Hall–Kier alpha value is -2.64. The van der Waals surface area contributed by atoms with Gasteiger partial charge in [0, 0.05) is 0 Å². The minimum Gasteiger partial charge on any atom is -0.469 e. The number of ether oxygens (including phenoxy) is 4. The molecule has 1 aliphatic rings. The van der Waals surface area contributed by atoms with Gasteiger partial charge in [0.1, 0.15) is 5.92 Å². The SMILES string of the molecule is COC(=O)C1=CC=CC(C(=O)OC)C(C(=O)OC)C1C(=O)OC. The van der Waals surface area contributed by atoms with Crippen molar-refractivity contribution in [2.75, 3.05) is 28.4 Å². The van der Waals surface area contributed by atoms with E-state index >= 15 is 0 Å². The van der Waals surface area contributed by atoms with E-state index in [2.05, 4.69) is 18.9 Å². The number of methoxy groups -OCH3 is 4. The van der Waals surface area contributed by atoms with E-state index in [1.807, 2.05) is 0 Å². The molecule has 0 aromatic heterocycles. The molecule has 0 bridgehead atoms. The van der Waals surface area contributed by atoms with Gasteiger partial charge in [0.25, 0.3) is 0 Å². The van der Waals surface area contributed by atoms with Gasteiger partial charge >= 0.3 is 23.9 Å². The Morgan fingerprint density at radius 3 is 1.87 bits per heavy atom. The van der Waals surface area contributed by atoms with E-state index in [-0.39, 0.29) is 5.57 Å². The van der Waals surface area contributed by atoms with E-state index < -0.39 is 41.6 Å². The third-order valence-corrected chi connectivity index (χ3v) is 3.50. The fourth-order valence-corrected chi connectivity index (χ4v) is 2.40. The summed E-state index contributed by atoms with van der Waals surface area (Å²) in [4.78, 5) is 48.3. The number of carbonyl (C=O) groups excluding carboxylic acids is 4. The van der Waals surface area contributed by atoms with Crippen LogP contribution in [-0.2, 0) is 38.1 Å². The first kappa shape index (κ1) is 18.4.